The van der Waals surface area contributed by atoms with Crippen LogP contribution in [0, 0.1) is 0 Å². The second kappa shape index (κ2) is 6.49. The van der Waals surface area contributed by atoms with Crippen LogP contribution in [0.25, 0.3) is 0 Å². The zero-order chi connectivity index (χ0) is 13.7. The summed E-state index contributed by atoms with van der Waals surface area (Å²) in [5.41, 5.74) is 0. The van der Waals surface area contributed by atoms with E-state index in [2.05, 4.69) is 5.32 Å². The molecular formula is C13H13NO3S2. The number of ether oxygens (including phenoxy) is 1. The van der Waals surface area contributed by atoms with E-state index in [9.17, 15) is 9.59 Å². The van der Waals surface area contributed by atoms with Gasteiger partial charge in [0, 0.05) is 4.88 Å². The summed E-state index contributed by atoms with van der Waals surface area (Å²) in [6.07, 6.45) is 0. The molecule has 19 heavy (non-hydrogen) atoms. The molecule has 1 amide bonds. The van der Waals surface area contributed by atoms with E-state index in [0.717, 1.165) is 4.88 Å². The number of amides is 1. The summed E-state index contributed by atoms with van der Waals surface area (Å²) >= 11 is 2.86. The molecule has 2 aromatic rings. The van der Waals surface area contributed by atoms with E-state index in [1.165, 1.54) is 11.3 Å². The maximum atomic E-state index is 11.6. The number of rotatable bonds is 5. The largest absolute Gasteiger partial charge is 0.451 e. The van der Waals surface area contributed by atoms with Gasteiger partial charge >= 0.3 is 5.97 Å². The third kappa shape index (κ3) is 3.90. The van der Waals surface area contributed by atoms with Crippen molar-refractivity contribution in [2.45, 2.75) is 13.0 Å². The fourth-order valence-corrected chi connectivity index (χ4v) is 2.84. The maximum Gasteiger partial charge on any atom is 0.348 e. The van der Waals surface area contributed by atoms with Crippen LogP contribution >= 0.6 is 22.7 Å². The predicted molar refractivity (Wildman–Crippen MR) is 75.5 cm³/mol. The molecule has 0 saturated heterocycles. The Morgan fingerprint density at radius 1 is 1.26 bits per heavy atom. The first-order chi connectivity index (χ1) is 9.16. The lowest BCUT2D eigenvalue weighted by molar-refractivity contribution is -0.124. The molecule has 2 heterocycles. The van der Waals surface area contributed by atoms with Gasteiger partial charge in [-0.2, -0.15) is 0 Å². The number of nitrogens with one attached hydrogen (secondary N) is 1. The fraction of sp³-hybridized carbons (Fsp3) is 0.231. The van der Waals surface area contributed by atoms with E-state index in [0.29, 0.717) is 4.88 Å². The van der Waals surface area contributed by atoms with Crippen LogP contribution in [-0.2, 0) is 9.53 Å². The minimum Gasteiger partial charge on any atom is -0.451 e. The fourth-order valence-electron chi connectivity index (χ4n) is 1.49. The number of esters is 1. The van der Waals surface area contributed by atoms with E-state index in [1.807, 2.05) is 24.4 Å². The summed E-state index contributed by atoms with van der Waals surface area (Å²) in [5, 5.41) is 6.52. The highest BCUT2D eigenvalue weighted by molar-refractivity contribution is 7.12. The lowest BCUT2D eigenvalue weighted by atomic mass is 10.3. The highest BCUT2D eigenvalue weighted by atomic mass is 32.1. The second-order valence-corrected chi connectivity index (χ2v) is 5.79. The summed E-state index contributed by atoms with van der Waals surface area (Å²) in [6.45, 7) is 1.64. The highest BCUT2D eigenvalue weighted by Crippen LogP contribution is 2.17. The molecular weight excluding hydrogens is 282 g/mol. The lowest BCUT2D eigenvalue weighted by Gasteiger charge is -2.12. The molecule has 0 saturated carbocycles. The van der Waals surface area contributed by atoms with Gasteiger partial charge < -0.3 is 10.1 Å². The number of hydrogen-bond acceptors (Lipinski definition) is 5. The van der Waals surface area contributed by atoms with Gasteiger partial charge in [-0.3, -0.25) is 4.79 Å². The number of hydrogen-bond donors (Lipinski definition) is 1. The molecule has 2 aromatic heterocycles. The van der Waals surface area contributed by atoms with Crippen LogP contribution in [0.15, 0.2) is 35.0 Å². The van der Waals surface area contributed by atoms with Gasteiger partial charge in [-0.15, -0.1) is 22.7 Å². The van der Waals surface area contributed by atoms with Gasteiger partial charge in [0.05, 0.1) is 6.04 Å². The Morgan fingerprint density at radius 3 is 2.63 bits per heavy atom. The van der Waals surface area contributed by atoms with Crippen molar-refractivity contribution in [3.8, 4) is 0 Å². The Labute approximate surface area is 119 Å². The van der Waals surface area contributed by atoms with Crippen LogP contribution in [0.3, 0.4) is 0 Å². The van der Waals surface area contributed by atoms with Gasteiger partial charge in [0.2, 0.25) is 0 Å². The Hall–Kier alpha value is -1.66. The van der Waals surface area contributed by atoms with Crippen LogP contribution < -0.4 is 5.32 Å². The Morgan fingerprint density at radius 2 is 2.00 bits per heavy atom. The third-order valence-corrected chi connectivity index (χ3v) is 4.31. The first-order valence-electron chi connectivity index (χ1n) is 5.70. The van der Waals surface area contributed by atoms with Crippen molar-refractivity contribution in [1.82, 2.24) is 5.32 Å². The SMILES string of the molecule is C[C@H](NC(=O)COC(=O)c1cccs1)c1cccs1. The van der Waals surface area contributed by atoms with Gasteiger partial charge in [0.25, 0.3) is 5.91 Å². The standard InChI is InChI=1S/C13H13NO3S2/c1-9(10-4-2-6-18-10)14-12(15)8-17-13(16)11-5-3-7-19-11/h2-7,9H,8H2,1H3,(H,14,15)/t9-/m0/s1. The first kappa shape index (κ1) is 13.8. The van der Waals surface area contributed by atoms with Gasteiger partial charge in [0.15, 0.2) is 6.61 Å². The molecule has 0 spiro atoms. The molecule has 1 N–H and O–H groups in total. The molecule has 1 atom stereocenters. The van der Waals surface area contributed by atoms with E-state index in [1.54, 1.807) is 28.8 Å². The van der Waals surface area contributed by atoms with E-state index in [4.69, 9.17) is 4.74 Å². The van der Waals surface area contributed by atoms with Crippen molar-refractivity contribution in [2.24, 2.45) is 0 Å². The van der Waals surface area contributed by atoms with Crippen LogP contribution in [0.4, 0.5) is 0 Å². The number of thiophene rings is 2. The van der Waals surface area contributed by atoms with Gasteiger partial charge in [-0.05, 0) is 29.8 Å². The van der Waals surface area contributed by atoms with Crippen molar-refractivity contribution < 1.29 is 14.3 Å². The Balaban J connectivity index is 1.77. The van der Waals surface area contributed by atoms with Gasteiger partial charge in [-0.25, -0.2) is 4.79 Å². The van der Waals surface area contributed by atoms with E-state index >= 15 is 0 Å². The zero-order valence-corrected chi connectivity index (χ0v) is 11.9. The topological polar surface area (TPSA) is 55.4 Å². The van der Waals surface area contributed by atoms with Crippen LogP contribution in [0.5, 0.6) is 0 Å². The average Bonchev–Trinajstić information content (AvgIpc) is 3.07. The van der Waals surface area contributed by atoms with Gasteiger partial charge in [-0.1, -0.05) is 12.1 Å². The van der Waals surface area contributed by atoms with Gasteiger partial charge in [0.1, 0.15) is 4.88 Å². The molecule has 0 unspecified atom stereocenters. The van der Waals surface area contributed by atoms with Crippen LogP contribution in [0.2, 0.25) is 0 Å². The zero-order valence-electron chi connectivity index (χ0n) is 10.3. The Bertz CT molecular complexity index is 534. The number of carbonyl (C=O) groups excluding carboxylic acids is 2. The highest BCUT2D eigenvalue weighted by Gasteiger charge is 2.13. The summed E-state index contributed by atoms with van der Waals surface area (Å²) in [6, 6.07) is 7.24. The van der Waals surface area contributed by atoms with E-state index in [-0.39, 0.29) is 18.6 Å². The maximum absolute atomic E-state index is 11.6. The Kier molecular flexibility index (Phi) is 4.70. The van der Waals surface area contributed by atoms with Crippen LogP contribution in [0.1, 0.15) is 27.5 Å². The van der Waals surface area contributed by atoms with Crippen molar-refractivity contribution in [3.05, 3.63) is 44.8 Å². The van der Waals surface area contributed by atoms with Crippen molar-refractivity contribution in [1.29, 1.82) is 0 Å². The van der Waals surface area contributed by atoms with Crippen molar-refractivity contribution >= 4 is 34.6 Å². The normalized spacial score (nSPS) is 11.8. The molecule has 2 rings (SSSR count). The molecule has 0 aliphatic rings. The molecule has 100 valence electrons. The van der Waals surface area contributed by atoms with Crippen LogP contribution in [-0.4, -0.2) is 18.5 Å². The van der Waals surface area contributed by atoms with E-state index < -0.39 is 5.97 Å². The minimum atomic E-state index is -0.464. The summed E-state index contributed by atoms with van der Waals surface area (Å²) in [5.74, 6) is -0.764. The molecule has 4 nitrogen and oxygen atoms in total. The molecule has 0 aliphatic heterocycles. The molecule has 0 aromatic carbocycles. The van der Waals surface area contributed by atoms with Crippen molar-refractivity contribution in [2.75, 3.05) is 6.61 Å². The quantitative estimate of drug-likeness (QED) is 0.863. The summed E-state index contributed by atoms with van der Waals surface area (Å²) in [7, 11) is 0. The second-order valence-electron chi connectivity index (χ2n) is 3.86. The molecule has 6 heteroatoms. The van der Waals surface area contributed by atoms with Crippen molar-refractivity contribution in [3.63, 3.8) is 0 Å². The molecule has 0 radical (unpaired) electrons. The molecule has 0 aliphatic carbocycles. The average molecular weight is 295 g/mol. The third-order valence-electron chi connectivity index (χ3n) is 2.40. The monoisotopic (exact) mass is 295 g/mol. The summed E-state index contributed by atoms with van der Waals surface area (Å²) < 4.78 is 4.93. The smallest absolute Gasteiger partial charge is 0.348 e. The lowest BCUT2D eigenvalue weighted by Crippen LogP contribution is -2.30. The minimum absolute atomic E-state index is 0.0760. The summed E-state index contributed by atoms with van der Waals surface area (Å²) in [4.78, 5) is 24.7. The number of carbonyl (C=O) groups is 2. The first-order valence-corrected chi connectivity index (χ1v) is 7.46. The molecule has 0 fully saturated rings. The predicted octanol–water partition coefficient (Wildman–Crippen LogP) is 2.84. The molecule has 0 bridgehead atoms.